The van der Waals surface area contributed by atoms with Gasteiger partial charge in [-0.05, 0) is 47.6 Å². The van der Waals surface area contributed by atoms with E-state index in [1.54, 1.807) is 45.3 Å². The number of ether oxygens (including phenoxy) is 1. The molecular formula is C16H16BrClFNO. The van der Waals surface area contributed by atoms with Crippen molar-refractivity contribution in [1.82, 2.24) is 5.32 Å². The van der Waals surface area contributed by atoms with E-state index in [1.165, 1.54) is 0 Å². The summed E-state index contributed by atoms with van der Waals surface area (Å²) in [4.78, 5) is 0. The average Bonchev–Trinajstić information content (AvgIpc) is 2.44. The lowest BCUT2D eigenvalue weighted by atomic mass is 9.96. The monoisotopic (exact) mass is 371 g/mol. The van der Waals surface area contributed by atoms with Crippen LogP contribution >= 0.6 is 27.5 Å². The number of hydrogen-bond acceptors (Lipinski definition) is 2. The minimum Gasteiger partial charge on any atom is -0.495 e. The molecule has 21 heavy (non-hydrogen) atoms. The summed E-state index contributed by atoms with van der Waals surface area (Å²) in [5.74, 6) is 0.412. The van der Waals surface area contributed by atoms with Gasteiger partial charge in [0.05, 0.1) is 17.6 Å². The van der Waals surface area contributed by atoms with Gasteiger partial charge in [0.2, 0.25) is 0 Å². The topological polar surface area (TPSA) is 21.3 Å². The standard InChI is InChI=1S/C16H16BrClFNO/c1-9-5-4-6-11(14(9)19)15(20-2)12-7-10(18)8-13(17)16(12)21-3/h4-8,15,20H,1-3H3. The van der Waals surface area contributed by atoms with Gasteiger partial charge < -0.3 is 10.1 Å². The fraction of sp³-hybridized carbons (Fsp3) is 0.250. The van der Waals surface area contributed by atoms with Gasteiger partial charge in [-0.15, -0.1) is 0 Å². The fourth-order valence-electron chi connectivity index (χ4n) is 2.38. The van der Waals surface area contributed by atoms with Gasteiger partial charge >= 0.3 is 0 Å². The highest BCUT2D eigenvalue weighted by Gasteiger charge is 2.22. The Kier molecular flexibility index (Phi) is 5.25. The Morgan fingerprint density at radius 2 is 2.00 bits per heavy atom. The lowest BCUT2D eigenvalue weighted by Crippen LogP contribution is -2.20. The molecule has 0 aliphatic rings. The van der Waals surface area contributed by atoms with Crippen molar-refractivity contribution >= 4 is 27.5 Å². The lowest BCUT2D eigenvalue weighted by Gasteiger charge is -2.22. The number of aryl methyl sites for hydroxylation is 1. The van der Waals surface area contributed by atoms with Gasteiger partial charge in [0.1, 0.15) is 11.6 Å². The number of rotatable bonds is 4. The van der Waals surface area contributed by atoms with Gasteiger partial charge in [0.25, 0.3) is 0 Å². The molecule has 0 fully saturated rings. The molecule has 1 unspecified atom stereocenters. The normalized spacial score (nSPS) is 12.3. The van der Waals surface area contributed by atoms with Crippen LogP contribution < -0.4 is 10.1 Å². The van der Waals surface area contributed by atoms with Crippen LogP contribution in [0, 0.1) is 12.7 Å². The second-order valence-corrected chi connectivity index (χ2v) is 6.00. The van der Waals surface area contributed by atoms with Crippen LogP contribution in [0.25, 0.3) is 0 Å². The van der Waals surface area contributed by atoms with Crippen molar-refractivity contribution in [2.75, 3.05) is 14.2 Å². The average molecular weight is 373 g/mol. The van der Waals surface area contributed by atoms with Crippen molar-refractivity contribution in [3.05, 3.63) is 62.3 Å². The molecule has 0 aliphatic heterocycles. The van der Waals surface area contributed by atoms with E-state index in [4.69, 9.17) is 16.3 Å². The van der Waals surface area contributed by atoms with Crippen molar-refractivity contribution in [2.24, 2.45) is 0 Å². The van der Waals surface area contributed by atoms with Gasteiger partial charge in [0.15, 0.2) is 0 Å². The first-order chi connectivity index (χ1) is 9.99. The van der Waals surface area contributed by atoms with Crippen LogP contribution in [0.4, 0.5) is 4.39 Å². The zero-order valence-corrected chi connectivity index (χ0v) is 14.3. The summed E-state index contributed by atoms with van der Waals surface area (Å²) in [6.45, 7) is 1.75. The molecule has 5 heteroatoms. The maximum atomic E-state index is 14.4. The van der Waals surface area contributed by atoms with Crippen LogP contribution in [-0.2, 0) is 0 Å². The zero-order valence-electron chi connectivity index (χ0n) is 12.0. The van der Waals surface area contributed by atoms with Gasteiger partial charge in [-0.1, -0.05) is 29.8 Å². The van der Waals surface area contributed by atoms with E-state index in [2.05, 4.69) is 21.2 Å². The smallest absolute Gasteiger partial charge is 0.138 e. The molecule has 0 radical (unpaired) electrons. The molecule has 0 bridgehead atoms. The molecule has 0 amide bonds. The largest absolute Gasteiger partial charge is 0.495 e. The summed E-state index contributed by atoms with van der Waals surface area (Å²) in [7, 11) is 3.36. The van der Waals surface area contributed by atoms with Crippen LogP contribution in [-0.4, -0.2) is 14.2 Å². The van der Waals surface area contributed by atoms with E-state index in [0.717, 1.165) is 10.0 Å². The third-order valence-corrected chi connectivity index (χ3v) is 4.18. The maximum Gasteiger partial charge on any atom is 0.138 e. The molecule has 2 rings (SSSR count). The second kappa shape index (κ2) is 6.77. The summed E-state index contributed by atoms with van der Waals surface area (Å²) in [5.41, 5.74) is 1.95. The van der Waals surface area contributed by atoms with E-state index in [-0.39, 0.29) is 11.9 Å². The SMILES string of the molecule is CNC(c1cccc(C)c1F)c1cc(Cl)cc(Br)c1OC. The van der Waals surface area contributed by atoms with Crippen LogP contribution in [0.15, 0.2) is 34.8 Å². The molecule has 2 aromatic carbocycles. The molecule has 0 aromatic heterocycles. The number of hydrogen-bond donors (Lipinski definition) is 1. The number of benzene rings is 2. The van der Waals surface area contributed by atoms with E-state index in [0.29, 0.717) is 21.9 Å². The first-order valence-electron chi connectivity index (χ1n) is 6.44. The molecule has 1 N–H and O–H groups in total. The summed E-state index contributed by atoms with van der Waals surface area (Å²) in [5, 5.41) is 3.69. The Labute approximate surface area is 137 Å². The van der Waals surface area contributed by atoms with Gasteiger partial charge in [0, 0.05) is 16.1 Å². The van der Waals surface area contributed by atoms with Gasteiger partial charge in [-0.2, -0.15) is 0 Å². The van der Waals surface area contributed by atoms with Gasteiger partial charge in [-0.3, -0.25) is 0 Å². The molecule has 0 saturated carbocycles. The fourth-order valence-corrected chi connectivity index (χ4v) is 3.38. The first-order valence-corrected chi connectivity index (χ1v) is 7.62. The van der Waals surface area contributed by atoms with Gasteiger partial charge in [-0.25, -0.2) is 4.39 Å². The van der Waals surface area contributed by atoms with Crippen molar-refractivity contribution in [2.45, 2.75) is 13.0 Å². The molecule has 112 valence electrons. The molecule has 0 saturated heterocycles. The molecule has 0 heterocycles. The molecule has 1 atom stereocenters. The predicted octanol–water partition coefficient (Wildman–Crippen LogP) is 4.87. The Morgan fingerprint density at radius 1 is 1.29 bits per heavy atom. The summed E-state index contributed by atoms with van der Waals surface area (Å²) < 4.78 is 20.6. The number of nitrogens with one attached hydrogen (secondary N) is 1. The highest BCUT2D eigenvalue weighted by molar-refractivity contribution is 9.10. The third-order valence-electron chi connectivity index (χ3n) is 3.37. The minimum atomic E-state index is -0.352. The van der Waals surface area contributed by atoms with E-state index in [1.807, 2.05) is 6.07 Å². The van der Waals surface area contributed by atoms with Crippen LogP contribution in [0.2, 0.25) is 5.02 Å². The third kappa shape index (κ3) is 3.23. The second-order valence-electron chi connectivity index (χ2n) is 4.71. The zero-order chi connectivity index (χ0) is 15.6. The number of methoxy groups -OCH3 is 1. The Balaban J connectivity index is 2.64. The highest BCUT2D eigenvalue weighted by atomic mass is 79.9. The summed E-state index contributed by atoms with van der Waals surface area (Å²) in [6, 6.07) is 8.53. The van der Waals surface area contributed by atoms with E-state index >= 15 is 0 Å². The summed E-state index contributed by atoms with van der Waals surface area (Å²) >= 11 is 9.56. The van der Waals surface area contributed by atoms with Crippen LogP contribution in [0.5, 0.6) is 5.75 Å². The van der Waals surface area contributed by atoms with E-state index in [9.17, 15) is 4.39 Å². The molecule has 2 nitrogen and oxygen atoms in total. The molecule has 0 aliphatic carbocycles. The van der Waals surface area contributed by atoms with Crippen LogP contribution in [0.3, 0.4) is 0 Å². The van der Waals surface area contributed by atoms with Crippen molar-refractivity contribution in [3.8, 4) is 5.75 Å². The predicted molar refractivity (Wildman–Crippen MR) is 87.7 cm³/mol. The Hall–Kier alpha value is -1.10. The quantitative estimate of drug-likeness (QED) is 0.827. The molecule has 2 aromatic rings. The van der Waals surface area contributed by atoms with E-state index < -0.39 is 0 Å². The molecular weight excluding hydrogens is 357 g/mol. The number of halogens is 3. The maximum absolute atomic E-state index is 14.4. The van der Waals surface area contributed by atoms with Crippen LogP contribution in [0.1, 0.15) is 22.7 Å². The van der Waals surface area contributed by atoms with Crippen molar-refractivity contribution in [1.29, 1.82) is 0 Å². The Morgan fingerprint density at radius 3 is 2.62 bits per heavy atom. The minimum absolute atomic E-state index is 0.227. The van der Waals surface area contributed by atoms with Crippen molar-refractivity contribution in [3.63, 3.8) is 0 Å². The first kappa shape index (κ1) is 16.3. The molecule has 0 spiro atoms. The lowest BCUT2D eigenvalue weighted by molar-refractivity contribution is 0.402. The summed E-state index contributed by atoms with van der Waals surface area (Å²) in [6.07, 6.45) is 0. The Bertz CT molecular complexity index is 663. The highest BCUT2D eigenvalue weighted by Crippen LogP contribution is 2.38. The van der Waals surface area contributed by atoms with Crippen molar-refractivity contribution < 1.29 is 9.13 Å².